The third-order valence-corrected chi connectivity index (χ3v) is 4.62. The summed E-state index contributed by atoms with van der Waals surface area (Å²) >= 11 is 0. The van der Waals surface area contributed by atoms with Crippen LogP contribution < -0.4 is 5.32 Å². The van der Waals surface area contributed by atoms with E-state index in [0.29, 0.717) is 17.9 Å². The minimum absolute atomic E-state index is 0.0710. The van der Waals surface area contributed by atoms with E-state index < -0.39 is 12.8 Å². The van der Waals surface area contributed by atoms with Gasteiger partial charge in [0.25, 0.3) is 0 Å². The smallest absolute Gasteiger partial charge is 0.371 e. The van der Waals surface area contributed by atoms with Crippen LogP contribution in [0, 0.1) is 17.3 Å². The number of ether oxygens (including phenoxy) is 1. The van der Waals surface area contributed by atoms with E-state index in [2.05, 4.69) is 19.2 Å². The highest BCUT2D eigenvalue weighted by atomic mass is 19.4. The van der Waals surface area contributed by atoms with Crippen LogP contribution in [0.4, 0.5) is 13.2 Å². The van der Waals surface area contributed by atoms with Gasteiger partial charge in [-0.25, -0.2) is 0 Å². The molecule has 19 heavy (non-hydrogen) atoms. The summed E-state index contributed by atoms with van der Waals surface area (Å²) in [5.74, 6) is 1.24. The Bertz CT molecular complexity index is 306. The van der Waals surface area contributed by atoms with Crippen LogP contribution in [0.3, 0.4) is 0 Å². The van der Waals surface area contributed by atoms with Crippen LogP contribution in [0.2, 0.25) is 0 Å². The molecule has 0 amide bonds. The predicted octanol–water partition coefficient (Wildman–Crippen LogP) is 3.37. The van der Waals surface area contributed by atoms with E-state index in [1.54, 1.807) is 0 Å². The Hall–Kier alpha value is -0.290. The van der Waals surface area contributed by atoms with Crippen molar-refractivity contribution in [1.82, 2.24) is 5.32 Å². The van der Waals surface area contributed by atoms with Gasteiger partial charge in [-0.3, -0.25) is 0 Å². The summed E-state index contributed by atoms with van der Waals surface area (Å²) in [5, 5.41) is 3.40. The lowest BCUT2D eigenvalue weighted by Gasteiger charge is -2.38. The van der Waals surface area contributed by atoms with Crippen molar-refractivity contribution >= 4 is 0 Å². The highest BCUT2D eigenvalue weighted by Gasteiger charge is 2.51. The quantitative estimate of drug-likeness (QED) is 0.805. The molecule has 3 atom stereocenters. The van der Waals surface area contributed by atoms with Gasteiger partial charge in [-0.1, -0.05) is 20.3 Å². The molecule has 112 valence electrons. The molecule has 2 aliphatic rings. The van der Waals surface area contributed by atoms with Crippen LogP contribution in [0.1, 0.15) is 39.5 Å². The fourth-order valence-electron chi connectivity index (χ4n) is 3.78. The first-order chi connectivity index (χ1) is 8.81. The molecule has 2 nitrogen and oxygen atoms in total. The number of hydrogen-bond donors (Lipinski definition) is 1. The molecule has 0 aromatic rings. The Balaban J connectivity index is 1.91. The van der Waals surface area contributed by atoms with E-state index in [9.17, 15) is 13.2 Å². The molecule has 1 N–H and O–H groups in total. The lowest BCUT2D eigenvalue weighted by atomic mass is 9.73. The maximum absolute atomic E-state index is 12.2. The summed E-state index contributed by atoms with van der Waals surface area (Å²) in [6.45, 7) is 4.04. The lowest BCUT2D eigenvalue weighted by Crippen LogP contribution is -2.44. The number of nitrogens with one attached hydrogen (secondary N) is 1. The first-order valence-corrected chi connectivity index (χ1v) is 7.19. The van der Waals surface area contributed by atoms with E-state index in [-0.39, 0.29) is 12.0 Å². The Morgan fingerprint density at radius 3 is 2.53 bits per heavy atom. The van der Waals surface area contributed by atoms with E-state index in [1.165, 1.54) is 12.8 Å². The second-order valence-corrected chi connectivity index (χ2v) is 6.59. The van der Waals surface area contributed by atoms with Gasteiger partial charge in [0.15, 0.2) is 0 Å². The topological polar surface area (TPSA) is 21.3 Å². The zero-order valence-electron chi connectivity index (χ0n) is 11.7. The number of hydrogen-bond acceptors (Lipinski definition) is 2. The van der Waals surface area contributed by atoms with Gasteiger partial charge >= 0.3 is 6.18 Å². The van der Waals surface area contributed by atoms with Gasteiger partial charge in [0.05, 0.1) is 6.61 Å². The van der Waals surface area contributed by atoms with Gasteiger partial charge in [-0.2, -0.15) is 13.2 Å². The van der Waals surface area contributed by atoms with Gasteiger partial charge in [0, 0.05) is 18.0 Å². The lowest BCUT2D eigenvalue weighted by molar-refractivity contribution is -0.183. The van der Waals surface area contributed by atoms with Crippen molar-refractivity contribution in [1.29, 1.82) is 0 Å². The molecule has 2 rings (SSSR count). The van der Waals surface area contributed by atoms with Gasteiger partial charge in [0.1, 0.15) is 6.61 Å². The Labute approximate surface area is 113 Å². The molecule has 0 aliphatic heterocycles. The molecule has 0 aromatic heterocycles. The van der Waals surface area contributed by atoms with Crippen molar-refractivity contribution in [2.24, 2.45) is 17.3 Å². The van der Waals surface area contributed by atoms with E-state index in [1.807, 2.05) is 0 Å². The standard InChI is InChI=1S/C14H24F3NO/c1-10(2)18-7-13(8-19-9-14(15,16)17)6-11-3-4-12(13)5-11/h10-12,18H,3-9H2,1-2H3. The summed E-state index contributed by atoms with van der Waals surface area (Å²) in [6, 6.07) is 0.360. The van der Waals surface area contributed by atoms with Crippen molar-refractivity contribution < 1.29 is 17.9 Å². The maximum atomic E-state index is 12.2. The van der Waals surface area contributed by atoms with Crippen LogP contribution in [-0.2, 0) is 4.74 Å². The second kappa shape index (κ2) is 5.60. The zero-order chi connectivity index (χ0) is 14.1. The van der Waals surface area contributed by atoms with Gasteiger partial charge in [-0.05, 0) is 31.1 Å². The van der Waals surface area contributed by atoms with Crippen LogP contribution in [0.5, 0.6) is 0 Å². The molecule has 0 saturated heterocycles. The SMILES string of the molecule is CC(C)NCC1(COCC(F)(F)F)CC2CCC1C2. The summed E-state index contributed by atoms with van der Waals surface area (Å²) in [7, 11) is 0. The number of halogens is 3. The Morgan fingerprint density at radius 2 is 2.05 bits per heavy atom. The van der Waals surface area contributed by atoms with Crippen molar-refractivity contribution in [3.05, 3.63) is 0 Å². The molecule has 2 fully saturated rings. The molecule has 0 spiro atoms. The molecule has 3 unspecified atom stereocenters. The first-order valence-electron chi connectivity index (χ1n) is 7.19. The largest absolute Gasteiger partial charge is 0.411 e. The average Bonchev–Trinajstić information content (AvgIpc) is 2.85. The minimum Gasteiger partial charge on any atom is -0.371 e. The van der Waals surface area contributed by atoms with Gasteiger partial charge < -0.3 is 10.1 Å². The number of fused-ring (bicyclic) bond motifs is 2. The van der Waals surface area contributed by atoms with Crippen molar-refractivity contribution in [3.8, 4) is 0 Å². The molecule has 2 aliphatic carbocycles. The zero-order valence-corrected chi connectivity index (χ0v) is 11.7. The van der Waals surface area contributed by atoms with Crippen LogP contribution in [0.15, 0.2) is 0 Å². The molecule has 2 saturated carbocycles. The van der Waals surface area contributed by atoms with Crippen molar-refractivity contribution in [2.75, 3.05) is 19.8 Å². The monoisotopic (exact) mass is 279 g/mol. The molecule has 2 bridgehead atoms. The molecule has 0 heterocycles. The molecule has 0 radical (unpaired) electrons. The number of alkyl halides is 3. The minimum atomic E-state index is -4.22. The molecular weight excluding hydrogens is 255 g/mol. The Morgan fingerprint density at radius 1 is 1.32 bits per heavy atom. The van der Waals surface area contributed by atoms with Gasteiger partial charge in [-0.15, -0.1) is 0 Å². The summed E-state index contributed by atoms with van der Waals surface area (Å²) in [6.07, 6.45) is 0.377. The third kappa shape index (κ3) is 3.85. The molecular formula is C14H24F3NO. The highest BCUT2D eigenvalue weighted by molar-refractivity contribution is 5.01. The first kappa shape index (κ1) is 15.1. The van der Waals surface area contributed by atoms with Gasteiger partial charge in [0.2, 0.25) is 0 Å². The van der Waals surface area contributed by atoms with Crippen LogP contribution in [-0.4, -0.2) is 32.0 Å². The molecule has 5 heteroatoms. The summed E-state index contributed by atoms with van der Waals surface area (Å²) in [5.41, 5.74) is -0.0710. The van der Waals surface area contributed by atoms with Crippen molar-refractivity contribution in [3.63, 3.8) is 0 Å². The van der Waals surface area contributed by atoms with E-state index in [0.717, 1.165) is 19.4 Å². The van der Waals surface area contributed by atoms with Crippen LogP contribution >= 0.6 is 0 Å². The Kier molecular flexibility index (Phi) is 4.45. The second-order valence-electron chi connectivity index (χ2n) is 6.59. The highest BCUT2D eigenvalue weighted by Crippen LogP contribution is 2.55. The predicted molar refractivity (Wildman–Crippen MR) is 67.9 cm³/mol. The van der Waals surface area contributed by atoms with E-state index >= 15 is 0 Å². The molecule has 0 aromatic carbocycles. The van der Waals surface area contributed by atoms with E-state index in [4.69, 9.17) is 4.74 Å². The fourth-order valence-corrected chi connectivity index (χ4v) is 3.78. The summed E-state index contributed by atoms with van der Waals surface area (Å²) < 4.78 is 41.7. The fraction of sp³-hybridized carbons (Fsp3) is 1.00. The van der Waals surface area contributed by atoms with Crippen LogP contribution in [0.25, 0.3) is 0 Å². The normalized spacial score (nSPS) is 34.4. The number of rotatable bonds is 6. The van der Waals surface area contributed by atoms with Crippen molar-refractivity contribution in [2.45, 2.75) is 51.7 Å². The maximum Gasteiger partial charge on any atom is 0.411 e. The summed E-state index contributed by atoms with van der Waals surface area (Å²) in [4.78, 5) is 0. The average molecular weight is 279 g/mol. The third-order valence-electron chi connectivity index (χ3n) is 4.62.